The minimum Gasteiger partial charge on any atom is -0.497 e. The number of ether oxygens (including phenoxy) is 1. The van der Waals surface area contributed by atoms with Gasteiger partial charge in [0.25, 0.3) is 0 Å². The van der Waals surface area contributed by atoms with Crippen LogP contribution < -0.4 is 15.5 Å². The third-order valence-electron chi connectivity index (χ3n) is 2.67. The van der Waals surface area contributed by atoms with Crippen LogP contribution in [0, 0.1) is 0 Å². The number of methoxy groups -OCH3 is 1. The fourth-order valence-electron chi connectivity index (χ4n) is 1.57. The first kappa shape index (κ1) is 17.8. The fourth-order valence-corrected chi connectivity index (χ4v) is 2.40. The zero-order valence-electron chi connectivity index (χ0n) is 12.7. The maximum atomic E-state index is 11.8. The van der Waals surface area contributed by atoms with Crippen LogP contribution in [-0.2, 0) is 16.0 Å². The molecule has 0 atom stereocenters. The lowest BCUT2D eigenvalue weighted by atomic mass is 10.2. The van der Waals surface area contributed by atoms with Crippen molar-refractivity contribution in [2.24, 2.45) is 5.10 Å². The number of carbonyl (C=O) groups excluding carboxylic acids is 2. The van der Waals surface area contributed by atoms with Crippen molar-refractivity contribution in [2.45, 2.75) is 6.42 Å². The third kappa shape index (κ3) is 5.60. The molecule has 0 fully saturated rings. The molecule has 8 nitrogen and oxygen atoms in total. The smallest absolute Gasteiger partial charge is 0.247 e. The van der Waals surface area contributed by atoms with Crippen molar-refractivity contribution in [3.8, 4) is 5.75 Å². The largest absolute Gasteiger partial charge is 0.497 e. The molecule has 0 saturated carbocycles. The maximum absolute atomic E-state index is 11.8. The molecule has 0 bridgehead atoms. The Hall–Kier alpha value is -2.52. The summed E-state index contributed by atoms with van der Waals surface area (Å²) in [7, 11) is 1.59. The number of anilines is 1. The second kappa shape index (κ2) is 8.94. The predicted octanol–water partition coefficient (Wildman–Crippen LogP) is 1.42. The minimum absolute atomic E-state index is 0.00830. The van der Waals surface area contributed by atoms with E-state index in [0.717, 1.165) is 22.6 Å². The van der Waals surface area contributed by atoms with E-state index in [4.69, 9.17) is 16.3 Å². The van der Waals surface area contributed by atoms with Gasteiger partial charge in [0.05, 0.1) is 19.7 Å². The second-order valence-corrected chi connectivity index (χ2v) is 5.76. The van der Waals surface area contributed by atoms with Crippen LogP contribution in [0.25, 0.3) is 0 Å². The summed E-state index contributed by atoms with van der Waals surface area (Å²) in [6, 6.07) is 7.21. The van der Waals surface area contributed by atoms with Gasteiger partial charge in [0, 0.05) is 0 Å². The average Bonchev–Trinajstić information content (AvgIpc) is 3.02. The monoisotopic (exact) mass is 367 g/mol. The van der Waals surface area contributed by atoms with Gasteiger partial charge in [-0.25, -0.2) is 5.43 Å². The lowest BCUT2D eigenvalue weighted by Gasteiger charge is -1.99. The van der Waals surface area contributed by atoms with E-state index < -0.39 is 0 Å². The van der Waals surface area contributed by atoms with Crippen molar-refractivity contribution in [1.29, 1.82) is 0 Å². The molecule has 10 heteroatoms. The molecule has 1 aromatic carbocycles. The summed E-state index contributed by atoms with van der Waals surface area (Å²) in [5, 5.41) is 14.6. The molecular weight excluding hydrogens is 354 g/mol. The standard InChI is InChI=1S/C14H14ClN5O3S/c1-23-10-4-2-9(3-5-10)8-16-18-11(21)6-13-19-20-14(24-13)17-12(22)7-15/h2-5,8H,6-7H2,1H3,(H,18,21)(H,17,20,22)/b16-8-. The van der Waals surface area contributed by atoms with Gasteiger partial charge < -0.3 is 4.74 Å². The van der Waals surface area contributed by atoms with Crippen molar-refractivity contribution in [3.63, 3.8) is 0 Å². The van der Waals surface area contributed by atoms with Crippen molar-refractivity contribution >= 4 is 46.1 Å². The van der Waals surface area contributed by atoms with E-state index in [1.54, 1.807) is 19.2 Å². The first-order valence-corrected chi connectivity index (χ1v) is 8.10. The number of halogens is 1. The van der Waals surface area contributed by atoms with Gasteiger partial charge in [-0.2, -0.15) is 5.10 Å². The van der Waals surface area contributed by atoms with E-state index in [-0.39, 0.29) is 24.1 Å². The highest BCUT2D eigenvalue weighted by Gasteiger charge is 2.10. The quantitative estimate of drug-likeness (QED) is 0.437. The number of rotatable bonds is 7. The Kier molecular flexibility index (Phi) is 6.64. The Labute approximate surface area is 146 Å². The molecule has 1 heterocycles. The summed E-state index contributed by atoms with van der Waals surface area (Å²) in [6.45, 7) is 0. The zero-order chi connectivity index (χ0) is 17.4. The van der Waals surface area contributed by atoms with E-state index >= 15 is 0 Å². The number of benzene rings is 1. The van der Waals surface area contributed by atoms with Crippen molar-refractivity contribution in [3.05, 3.63) is 34.8 Å². The molecule has 0 aliphatic rings. The van der Waals surface area contributed by atoms with Gasteiger partial charge in [0.1, 0.15) is 16.6 Å². The average molecular weight is 368 g/mol. The molecule has 24 heavy (non-hydrogen) atoms. The molecule has 2 aromatic rings. The first-order valence-electron chi connectivity index (χ1n) is 6.75. The van der Waals surface area contributed by atoms with Crippen LogP contribution in [0.1, 0.15) is 10.6 Å². The number of hydrogen-bond acceptors (Lipinski definition) is 7. The van der Waals surface area contributed by atoms with Gasteiger partial charge in [-0.05, 0) is 29.8 Å². The number of aromatic nitrogens is 2. The van der Waals surface area contributed by atoms with Crippen LogP contribution in [0.15, 0.2) is 29.4 Å². The number of alkyl halides is 1. The van der Waals surface area contributed by atoms with E-state index in [1.807, 2.05) is 12.1 Å². The second-order valence-electron chi connectivity index (χ2n) is 4.43. The normalized spacial score (nSPS) is 10.6. The van der Waals surface area contributed by atoms with Crippen LogP contribution in [0.4, 0.5) is 5.13 Å². The number of nitrogens with one attached hydrogen (secondary N) is 2. The highest BCUT2D eigenvalue weighted by atomic mass is 35.5. The van der Waals surface area contributed by atoms with Crippen molar-refractivity contribution in [1.82, 2.24) is 15.6 Å². The Morgan fingerprint density at radius 1 is 1.29 bits per heavy atom. The van der Waals surface area contributed by atoms with Crippen molar-refractivity contribution < 1.29 is 14.3 Å². The molecule has 1 aromatic heterocycles. The number of nitrogens with zero attached hydrogens (tertiary/aromatic N) is 3. The summed E-state index contributed by atoms with van der Waals surface area (Å²) >= 11 is 6.47. The number of amides is 2. The first-order chi connectivity index (χ1) is 11.6. The Morgan fingerprint density at radius 2 is 2.04 bits per heavy atom. The lowest BCUT2D eigenvalue weighted by molar-refractivity contribution is -0.120. The van der Waals surface area contributed by atoms with Gasteiger partial charge in [0.2, 0.25) is 16.9 Å². The van der Waals surface area contributed by atoms with Crippen molar-refractivity contribution in [2.75, 3.05) is 18.3 Å². The Morgan fingerprint density at radius 3 is 2.71 bits per heavy atom. The molecule has 0 saturated heterocycles. The van der Waals surface area contributed by atoms with Gasteiger partial charge in [0.15, 0.2) is 0 Å². The van der Waals surface area contributed by atoms with E-state index in [0.29, 0.717) is 10.1 Å². The molecular formula is C14H14ClN5O3S. The maximum Gasteiger partial charge on any atom is 0.247 e. The Bertz CT molecular complexity index is 732. The Balaban J connectivity index is 1.82. The zero-order valence-corrected chi connectivity index (χ0v) is 14.2. The van der Waals surface area contributed by atoms with Crippen LogP contribution in [0.2, 0.25) is 0 Å². The summed E-state index contributed by atoms with van der Waals surface area (Å²) < 4.78 is 5.05. The minimum atomic E-state index is -0.382. The van der Waals surface area contributed by atoms with Gasteiger partial charge in [-0.3, -0.25) is 14.9 Å². The summed E-state index contributed by atoms with van der Waals surface area (Å²) in [4.78, 5) is 22.9. The third-order valence-corrected chi connectivity index (χ3v) is 3.75. The van der Waals surface area contributed by atoms with Crippen LogP contribution in [-0.4, -0.2) is 41.2 Å². The highest BCUT2D eigenvalue weighted by molar-refractivity contribution is 7.15. The van der Waals surface area contributed by atoms with Gasteiger partial charge >= 0.3 is 0 Å². The molecule has 2 N–H and O–H groups in total. The summed E-state index contributed by atoms with van der Waals surface area (Å²) in [5.41, 5.74) is 3.22. The van der Waals surface area contributed by atoms with Gasteiger partial charge in [-0.15, -0.1) is 21.8 Å². The molecule has 0 unspecified atom stereocenters. The molecule has 0 aliphatic heterocycles. The molecule has 126 valence electrons. The van der Waals surface area contributed by atoms with Crippen LogP contribution in [0.3, 0.4) is 0 Å². The van der Waals surface area contributed by atoms with Crippen LogP contribution >= 0.6 is 22.9 Å². The number of carbonyl (C=O) groups is 2. The lowest BCUT2D eigenvalue weighted by Crippen LogP contribution is -2.19. The molecule has 2 amide bonds. The fraction of sp³-hybridized carbons (Fsp3) is 0.214. The molecule has 2 rings (SSSR count). The SMILES string of the molecule is COc1ccc(/C=N\NC(=O)Cc2nnc(NC(=O)CCl)s2)cc1. The van der Waals surface area contributed by atoms with E-state index in [9.17, 15) is 9.59 Å². The highest BCUT2D eigenvalue weighted by Crippen LogP contribution is 2.15. The van der Waals surface area contributed by atoms with E-state index in [1.165, 1.54) is 6.21 Å². The molecule has 0 radical (unpaired) electrons. The van der Waals surface area contributed by atoms with E-state index in [2.05, 4.69) is 26.0 Å². The number of hydrogen-bond donors (Lipinski definition) is 2. The van der Waals surface area contributed by atoms with Crippen LogP contribution in [0.5, 0.6) is 5.75 Å². The summed E-state index contributed by atoms with van der Waals surface area (Å²) in [6.07, 6.45) is 1.53. The van der Waals surface area contributed by atoms with Gasteiger partial charge in [-0.1, -0.05) is 11.3 Å². The molecule has 0 spiro atoms. The summed E-state index contributed by atoms with van der Waals surface area (Å²) in [5.74, 6) is -0.154. The molecule has 0 aliphatic carbocycles. The predicted molar refractivity (Wildman–Crippen MR) is 91.7 cm³/mol. The number of hydrazone groups is 1. The topological polar surface area (TPSA) is 106 Å².